The lowest BCUT2D eigenvalue weighted by Gasteiger charge is -2.23. The maximum absolute atomic E-state index is 13.5. The highest BCUT2D eigenvalue weighted by Crippen LogP contribution is 2.19. The minimum Gasteiger partial charge on any atom is -0.384 e. The lowest BCUT2D eigenvalue weighted by atomic mass is 10.1. The van der Waals surface area contributed by atoms with Crippen LogP contribution in [0.5, 0.6) is 0 Å². The van der Waals surface area contributed by atoms with Crippen molar-refractivity contribution in [2.75, 3.05) is 19.7 Å². The molecule has 0 spiro atoms. The van der Waals surface area contributed by atoms with Crippen LogP contribution in [-0.2, 0) is 6.54 Å². The standard InChI is InChI=1S/C15H17F4NO/c1-2-7-20(11-15(17,18)19)10-12-5-6-14(16)13(9-12)4-3-8-21/h5-6,9,21H,2,7-8,10-11H2,1H3. The largest absolute Gasteiger partial charge is 0.401 e. The Hall–Kier alpha value is -1.58. The highest BCUT2D eigenvalue weighted by molar-refractivity contribution is 5.38. The topological polar surface area (TPSA) is 23.5 Å². The Morgan fingerprint density at radius 3 is 2.57 bits per heavy atom. The number of hydrogen-bond donors (Lipinski definition) is 1. The van der Waals surface area contributed by atoms with Crippen LogP contribution in [0, 0.1) is 17.7 Å². The number of alkyl halides is 3. The zero-order valence-corrected chi connectivity index (χ0v) is 11.7. The molecule has 1 N–H and O–H groups in total. The van der Waals surface area contributed by atoms with Crippen LogP contribution in [0.15, 0.2) is 18.2 Å². The molecule has 0 radical (unpaired) electrons. The molecule has 0 aliphatic carbocycles. The second-order valence-electron chi connectivity index (χ2n) is 4.60. The fraction of sp³-hybridized carbons (Fsp3) is 0.467. The molecule has 0 aliphatic heterocycles. The first kappa shape index (κ1) is 17.5. The van der Waals surface area contributed by atoms with Crippen molar-refractivity contribution in [3.05, 3.63) is 35.1 Å². The molecule has 2 nitrogen and oxygen atoms in total. The van der Waals surface area contributed by atoms with Gasteiger partial charge in [0.1, 0.15) is 12.4 Å². The average Bonchev–Trinajstić information content (AvgIpc) is 2.38. The molecule has 0 fully saturated rings. The fourth-order valence-electron chi connectivity index (χ4n) is 1.94. The van der Waals surface area contributed by atoms with E-state index in [9.17, 15) is 17.6 Å². The molecule has 0 bridgehead atoms. The zero-order chi connectivity index (χ0) is 15.9. The van der Waals surface area contributed by atoms with Gasteiger partial charge in [-0.25, -0.2) is 4.39 Å². The van der Waals surface area contributed by atoms with Crippen LogP contribution in [0.4, 0.5) is 17.6 Å². The first-order valence-corrected chi connectivity index (χ1v) is 6.53. The van der Waals surface area contributed by atoms with E-state index < -0.39 is 25.1 Å². The quantitative estimate of drug-likeness (QED) is 0.668. The highest BCUT2D eigenvalue weighted by atomic mass is 19.4. The Bertz CT molecular complexity index is 517. The molecule has 0 saturated heterocycles. The van der Waals surface area contributed by atoms with Crippen LogP contribution in [0.25, 0.3) is 0 Å². The number of nitrogens with zero attached hydrogens (tertiary/aromatic N) is 1. The number of aliphatic hydroxyl groups is 1. The minimum atomic E-state index is -4.27. The predicted molar refractivity (Wildman–Crippen MR) is 72.0 cm³/mol. The summed E-state index contributed by atoms with van der Waals surface area (Å²) in [5.41, 5.74) is 0.626. The predicted octanol–water partition coefficient (Wildman–Crippen LogP) is 2.94. The average molecular weight is 303 g/mol. The molecule has 0 saturated carbocycles. The summed E-state index contributed by atoms with van der Waals surface area (Å²) in [5, 5.41) is 8.60. The smallest absolute Gasteiger partial charge is 0.384 e. The van der Waals surface area contributed by atoms with Crippen LogP contribution >= 0.6 is 0 Å². The number of rotatable bonds is 5. The van der Waals surface area contributed by atoms with E-state index in [4.69, 9.17) is 5.11 Å². The van der Waals surface area contributed by atoms with Crippen molar-refractivity contribution in [3.63, 3.8) is 0 Å². The summed E-state index contributed by atoms with van der Waals surface area (Å²) >= 11 is 0. The fourth-order valence-corrected chi connectivity index (χ4v) is 1.94. The van der Waals surface area contributed by atoms with Crippen LogP contribution in [0.3, 0.4) is 0 Å². The molecular formula is C15H17F4NO. The molecule has 0 aromatic heterocycles. The SMILES string of the molecule is CCCN(Cc1ccc(F)c(C#CCO)c1)CC(F)(F)F. The Morgan fingerprint density at radius 1 is 1.29 bits per heavy atom. The molecule has 116 valence electrons. The van der Waals surface area contributed by atoms with Gasteiger partial charge in [-0.15, -0.1) is 0 Å². The van der Waals surface area contributed by atoms with Crippen molar-refractivity contribution in [2.45, 2.75) is 26.1 Å². The van der Waals surface area contributed by atoms with E-state index >= 15 is 0 Å². The van der Waals surface area contributed by atoms with Gasteiger partial charge in [0, 0.05) is 6.54 Å². The van der Waals surface area contributed by atoms with E-state index in [-0.39, 0.29) is 12.1 Å². The molecule has 0 aliphatic rings. The number of aliphatic hydroxyl groups excluding tert-OH is 1. The van der Waals surface area contributed by atoms with Crippen LogP contribution in [0.2, 0.25) is 0 Å². The summed E-state index contributed by atoms with van der Waals surface area (Å²) < 4.78 is 50.9. The van der Waals surface area contributed by atoms with Crippen molar-refractivity contribution in [1.29, 1.82) is 0 Å². The van der Waals surface area contributed by atoms with Crippen molar-refractivity contribution in [1.82, 2.24) is 4.90 Å². The third kappa shape index (κ3) is 6.61. The summed E-state index contributed by atoms with van der Waals surface area (Å²) in [6, 6.07) is 4.03. The van der Waals surface area contributed by atoms with Gasteiger partial charge in [0.15, 0.2) is 0 Å². The van der Waals surface area contributed by atoms with Crippen LogP contribution in [0.1, 0.15) is 24.5 Å². The van der Waals surface area contributed by atoms with Gasteiger partial charge in [-0.2, -0.15) is 13.2 Å². The monoisotopic (exact) mass is 303 g/mol. The van der Waals surface area contributed by atoms with Gasteiger partial charge in [0.25, 0.3) is 0 Å². The summed E-state index contributed by atoms with van der Waals surface area (Å²) in [6.07, 6.45) is -3.68. The first-order valence-electron chi connectivity index (χ1n) is 6.53. The van der Waals surface area contributed by atoms with Gasteiger partial charge in [-0.3, -0.25) is 4.90 Å². The van der Waals surface area contributed by atoms with Gasteiger partial charge in [-0.05, 0) is 30.7 Å². The lowest BCUT2D eigenvalue weighted by Crippen LogP contribution is -2.34. The molecule has 0 atom stereocenters. The molecule has 6 heteroatoms. The molecular weight excluding hydrogens is 286 g/mol. The normalized spacial score (nSPS) is 11.4. The van der Waals surface area contributed by atoms with Gasteiger partial charge in [0.05, 0.1) is 12.1 Å². The maximum Gasteiger partial charge on any atom is 0.401 e. The highest BCUT2D eigenvalue weighted by Gasteiger charge is 2.30. The summed E-state index contributed by atoms with van der Waals surface area (Å²) in [6.45, 7) is 0.762. The third-order valence-electron chi connectivity index (χ3n) is 2.68. The lowest BCUT2D eigenvalue weighted by molar-refractivity contribution is -0.147. The molecule has 1 rings (SSSR count). The maximum atomic E-state index is 13.5. The van der Waals surface area contributed by atoms with Gasteiger partial charge in [-0.1, -0.05) is 24.8 Å². The van der Waals surface area contributed by atoms with Gasteiger partial charge < -0.3 is 5.11 Å². The molecule has 1 aromatic rings. The van der Waals surface area contributed by atoms with E-state index in [1.165, 1.54) is 23.1 Å². The van der Waals surface area contributed by atoms with Gasteiger partial charge in [0.2, 0.25) is 0 Å². The number of halogens is 4. The van der Waals surface area contributed by atoms with E-state index in [1.807, 2.05) is 0 Å². The summed E-state index contributed by atoms with van der Waals surface area (Å²) in [7, 11) is 0. The van der Waals surface area contributed by atoms with Crippen molar-refractivity contribution < 1.29 is 22.7 Å². The Morgan fingerprint density at radius 2 is 2.00 bits per heavy atom. The van der Waals surface area contributed by atoms with Crippen molar-refractivity contribution in [3.8, 4) is 11.8 Å². The second-order valence-corrected chi connectivity index (χ2v) is 4.60. The molecule has 0 heterocycles. The molecule has 0 unspecified atom stereocenters. The Kier molecular flexibility index (Phi) is 6.66. The van der Waals surface area contributed by atoms with Crippen LogP contribution in [-0.4, -0.2) is 35.9 Å². The first-order chi connectivity index (χ1) is 9.85. The number of benzene rings is 1. The van der Waals surface area contributed by atoms with Crippen LogP contribution < -0.4 is 0 Å². The van der Waals surface area contributed by atoms with E-state index in [2.05, 4.69) is 11.8 Å². The number of hydrogen-bond acceptors (Lipinski definition) is 2. The minimum absolute atomic E-state index is 0.0709. The molecule has 21 heavy (non-hydrogen) atoms. The Balaban J connectivity index is 2.88. The van der Waals surface area contributed by atoms with Gasteiger partial charge >= 0.3 is 6.18 Å². The second kappa shape index (κ2) is 8.01. The summed E-state index contributed by atoms with van der Waals surface area (Å²) in [4.78, 5) is 1.26. The van der Waals surface area contributed by atoms with E-state index in [0.717, 1.165) is 0 Å². The molecule has 0 amide bonds. The Labute approximate surface area is 121 Å². The summed E-state index contributed by atoms with van der Waals surface area (Å²) in [5.74, 6) is 4.20. The zero-order valence-electron chi connectivity index (χ0n) is 11.7. The molecule has 1 aromatic carbocycles. The van der Waals surface area contributed by atoms with Crippen molar-refractivity contribution >= 4 is 0 Å². The van der Waals surface area contributed by atoms with E-state index in [1.54, 1.807) is 6.92 Å². The van der Waals surface area contributed by atoms with E-state index in [0.29, 0.717) is 18.5 Å². The third-order valence-corrected chi connectivity index (χ3v) is 2.68. The van der Waals surface area contributed by atoms with Crippen molar-refractivity contribution in [2.24, 2.45) is 0 Å².